The van der Waals surface area contributed by atoms with Crippen LogP contribution >= 0.6 is 68.0 Å². The Labute approximate surface area is 243 Å². The first kappa shape index (κ1) is 31.9. The fourth-order valence-corrected chi connectivity index (χ4v) is 9.79. The standard InChI is InChI=1S/C24H26O4S5.C2H6.CH4S/c1-7-27-23(25)17-19(14-10-9-13(3)29-14)31-22-18(24(26)28-8-2)20(32-21(17)22)15-11-12-16(30-15)33(4,5)6;2*1-2/h9-12H,7-8H2,1-6H3;1-2H3;2H,1H3. The molecule has 0 saturated carbocycles. The Morgan fingerprint density at radius 3 is 1.54 bits per heavy atom. The van der Waals surface area contributed by atoms with E-state index in [-0.39, 0.29) is 11.9 Å². The predicted octanol–water partition coefficient (Wildman–Crippen LogP) is 9.71. The molecular weight excluding hydrogens is 581 g/mol. The van der Waals surface area contributed by atoms with Crippen molar-refractivity contribution in [1.82, 2.24) is 0 Å². The SMILES string of the molecule is CC.CCOC(=O)c1c(-c2ccc(C)s2)sc2c(C(=O)OCC)c(-c3ccc(S(C)(C)C)s3)sc12.CS. The molecule has 0 atom stereocenters. The van der Waals surface area contributed by atoms with Crippen molar-refractivity contribution < 1.29 is 19.1 Å². The number of esters is 2. The minimum Gasteiger partial charge on any atom is -0.462 e. The topological polar surface area (TPSA) is 52.6 Å². The Morgan fingerprint density at radius 2 is 1.19 bits per heavy atom. The summed E-state index contributed by atoms with van der Waals surface area (Å²) in [7, 11) is -0.883. The fourth-order valence-electron chi connectivity index (χ4n) is 3.39. The van der Waals surface area contributed by atoms with Gasteiger partial charge in [0.25, 0.3) is 0 Å². The summed E-state index contributed by atoms with van der Waals surface area (Å²) in [6.07, 6.45) is 8.47. The highest BCUT2D eigenvalue weighted by atomic mass is 32.3. The van der Waals surface area contributed by atoms with E-state index in [0.29, 0.717) is 24.3 Å². The van der Waals surface area contributed by atoms with E-state index in [9.17, 15) is 9.59 Å². The van der Waals surface area contributed by atoms with Crippen LogP contribution in [0.15, 0.2) is 28.5 Å². The molecule has 10 heteroatoms. The van der Waals surface area contributed by atoms with Crippen molar-refractivity contribution in [3.63, 3.8) is 0 Å². The van der Waals surface area contributed by atoms with Gasteiger partial charge < -0.3 is 9.47 Å². The number of fused-ring (bicyclic) bond motifs is 1. The predicted molar refractivity (Wildman–Crippen MR) is 173 cm³/mol. The smallest absolute Gasteiger partial charge is 0.341 e. The lowest BCUT2D eigenvalue weighted by Crippen LogP contribution is -2.04. The number of carbonyl (C=O) groups is 2. The number of thiophene rings is 4. The lowest BCUT2D eigenvalue weighted by atomic mass is 10.2. The van der Waals surface area contributed by atoms with Gasteiger partial charge in [0.1, 0.15) is 0 Å². The summed E-state index contributed by atoms with van der Waals surface area (Å²) >= 11 is 9.86. The second-order valence-electron chi connectivity index (χ2n) is 8.08. The normalized spacial score (nSPS) is 11.3. The third-order valence-corrected chi connectivity index (χ3v) is 12.7. The summed E-state index contributed by atoms with van der Waals surface area (Å²) in [6, 6.07) is 8.32. The molecule has 0 aliphatic rings. The van der Waals surface area contributed by atoms with Crippen LogP contribution < -0.4 is 0 Å². The molecule has 0 saturated heterocycles. The van der Waals surface area contributed by atoms with Gasteiger partial charge in [-0.1, -0.05) is 13.8 Å². The van der Waals surface area contributed by atoms with Crippen LogP contribution in [0.25, 0.3) is 28.9 Å². The van der Waals surface area contributed by atoms with E-state index in [2.05, 4.69) is 43.5 Å². The Hall–Kier alpha value is -1.30. The third-order valence-electron chi connectivity index (χ3n) is 4.85. The zero-order valence-corrected chi connectivity index (χ0v) is 27.8. The molecule has 0 aliphatic heterocycles. The maximum absolute atomic E-state index is 13.2. The van der Waals surface area contributed by atoms with Gasteiger partial charge in [-0.3, -0.25) is 0 Å². The molecule has 204 valence electrons. The Balaban J connectivity index is 0.00000115. The van der Waals surface area contributed by atoms with Crippen molar-refractivity contribution in [2.45, 2.75) is 38.8 Å². The van der Waals surface area contributed by atoms with Gasteiger partial charge in [-0.2, -0.15) is 12.6 Å². The summed E-state index contributed by atoms with van der Waals surface area (Å²) in [4.78, 5) is 31.2. The van der Waals surface area contributed by atoms with Gasteiger partial charge in [0.15, 0.2) is 0 Å². The van der Waals surface area contributed by atoms with Gasteiger partial charge in [-0.25, -0.2) is 19.6 Å². The van der Waals surface area contributed by atoms with Gasteiger partial charge in [-0.05, 0) is 70.1 Å². The van der Waals surface area contributed by atoms with E-state index in [1.165, 1.54) is 31.8 Å². The number of carbonyl (C=O) groups excluding carboxylic acids is 2. The molecule has 0 spiro atoms. The number of aryl methyl sites for hydroxylation is 1. The maximum Gasteiger partial charge on any atom is 0.341 e. The van der Waals surface area contributed by atoms with Crippen molar-refractivity contribution in [1.29, 1.82) is 0 Å². The fraction of sp³-hybridized carbons (Fsp3) is 0.407. The molecule has 4 aromatic rings. The third kappa shape index (κ3) is 7.02. The summed E-state index contributed by atoms with van der Waals surface area (Å²) in [5.41, 5.74) is 1.11. The van der Waals surface area contributed by atoms with Crippen molar-refractivity contribution in [3.8, 4) is 19.5 Å². The molecule has 0 radical (unpaired) electrons. The van der Waals surface area contributed by atoms with Crippen LogP contribution in [0.5, 0.6) is 0 Å². The zero-order chi connectivity index (χ0) is 27.9. The molecular formula is C27H36O4S6. The van der Waals surface area contributed by atoms with Crippen LogP contribution in [0, 0.1) is 6.92 Å². The van der Waals surface area contributed by atoms with E-state index in [1.807, 2.05) is 46.8 Å². The molecule has 0 amide bonds. The highest BCUT2D eigenvalue weighted by molar-refractivity contribution is 8.33. The summed E-state index contributed by atoms with van der Waals surface area (Å²) in [6.45, 7) is 10.3. The monoisotopic (exact) mass is 616 g/mol. The lowest BCUT2D eigenvalue weighted by Gasteiger charge is -2.22. The van der Waals surface area contributed by atoms with E-state index >= 15 is 0 Å². The minimum absolute atomic E-state index is 0.296. The van der Waals surface area contributed by atoms with E-state index in [4.69, 9.17) is 9.47 Å². The first-order valence-electron chi connectivity index (χ1n) is 11.9. The first-order valence-corrected chi connectivity index (χ1v) is 18.9. The van der Waals surface area contributed by atoms with Crippen LogP contribution in [0.4, 0.5) is 0 Å². The summed E-state index contributed by atoms with van der Waals surface area (Å²) < 4.78 is 13.8. The maximum atomic E-state index is 13.2. The van der Waals surface area contributed by atoms with Crippen molar-refractivity contribution in [2.24, 2.45) is 0 Å². The van der Waals surface area contributed by atoms with Crippen LogP contribution in [0.3, 0.4) is 0 Å². The van der Waals surface area contributed by atoms with Crippen LogP contribution in [-0.4, -0.2) is 50.2 Å². The molecule has 37 heavy (non-hydrogen) atoms. The van der Waals surface area contributed by atoms with Gasteiger partial charge in [0, 0.05) is 18.8 Å². The van der Waals surface area contributed by atoms with Crippen molar-refractivity contribution in [3.05, 3.63) is 40.3 Å². The Bertz CT molecular complexity index is 1330. The Morgan fingerprint density at radius 1 is 0.757 bits per heavy atom. The number of thiol groups is 1. The quantitative estimate of drug-likeness (QED) is 0.166. The summed E-state index contributed by atoms with van der Waals surface area (Å²) in [5.74, 6) is -0.693. The highest BCUT2D eigenvalue weighted by Crippen LogP contribution is 2.54. The molecule has 0 fully saturated rings. The summed E-state index contributed by atoms with van der Waals surface area (Å²) in [5, 5.41) is 0. The van der Waals surface area contributed by atoms with E-state index < -0.39 is 10.0 Å². The molecule has 0 aliphatic carbocycles. The first-order chi connectivity index (χ1) is 17.7. The second-order valence-corrected chi connectivity index (χ2v) is 16.9. The van der Waals surface area contributed by atoms with Crippen LogP contribution in [-0.2, 0) is 9.47 Å². The van der Waals surface area contributed by atoms with Crippen LogP contribution in [0.1, 0.15) is 53.3 Å². The highest BCUT2D eigenvalue weighted by Gasteiger charge is 2.31. The molecule has 4 rings (SSSR count). The average Bonchev–Trinajstić information content (AvgIpc) is 3.64. The molecule has 4 nitrogen and oxygen atoms in total. The molecule has 0 bridgehead atoms. The van der Waals surface area contributed by atoms with Gasteiger partial charge in [0.05, 0.1) is 43.5 Å². The Kier molecular flexibility index (Phi) is 12.2. The molecule has 0 unspecified atom stereocenters. The van der Waals surface area contributed by atoms with E-state index in [1.54, 1.807) is 28.9 Å². The van der Waals surface area contributed by atoms with E-state index in [0.717, 1.165) is 28.9 Å². The van der Waals surface area contributed by atoms with Crippen molar-refractivity contribution in [2.75, 3.05) is 38.2 Å². The largest absolute Gasteiger partial charge is 0.462 e. The van der Waals surface area contributed by atoms with Crippen molar-refractivity contribution >= 4 is 89.3 Å². The number of hydrogen-bond donors (Lipinski definition) is 1. The number of rotatable bonds is 7. The second kappa shape index (κ2) is 14.2. The van der Waals surface area contributed by atoms with Gasteiger partial charge in [0.2, 0.25) is 0 Å². The van der Waals surface area contributed by atoms with Gasteiger partial charge in [-0.15, -0.1) is 45.3 Å². The number of hydrogen-bond acceptors (Lipinski definition) is 9. The lowest BCUT2D eigenvalue weighted by molar-refractivity contribution is 0.0519. The molecule has 4 aromatic heterocycles. The zero-order valence-electron chi connectivity index (χ0n) is 22.8. The number of ether oxygens (including phenoxy) is 2. The van der Waals surface area contributed by atoms with Gasteiger partial charge >= 0.3 is 11.9 Å². The molecule has 0 N–H and O–H groups in total. The minimum atomic E-state index is -0.883. The molecule has 4 heterocycles. The van der Waals surface area contributed by atoms with Crippen LogP contribution in [0.2, 0.25) is 0 Å². The average molecular weight is 617 g/mol. The molecule has 0 aromatic carbocycles.